The number of ether oxygens (including phenoxy) is 1. The smallest absolute Gasteiger partial charge is 0.222 e. The first kappa shape index (κ1) is 15.6. The number of hydrogen-bond donors (Lipinski definition) is 1. The van der Waals surface area contributed by atoms with Crippen LogP contribution in [0.15, 0.2) is 30.3 Å². The summed E-state index contributed by atoms with van der Waals surface area (Å²) in [5.41, 5.74) is 0.580. The van der Waals surface area contributed by atoms with Crippen LogP contribution in [-0.2, 0) is 9.53 Å². The molecule has 1 amide bonds. The number of rotatable bonds is 4. The van der Waals surface area contributed by atoms with Crippen LogP contribution < -0.4 is 10.2 Å². The first-order chi connectivity index (χ1) is 11.1. The number of ketones is 1. The summed E-state index contributed by atoms with van der Waals surface area (Å²) in [4.78, 5) is 31.1. The van der Waals surface area contributed by atoms with Crippen LogP contribution in [0.4, 0.5) is 10.9 Å². The molecule has 7 heteroatoms. The van der Waals surface area contributed by atoms with E-state index in [2.05, 4.69) is 15.2 Å². The zero-order valence-electron chi connectivity index (χ0n) is 12.7. The molecule has 2 heterocycles. The van der Waals surface area contributed by atoms with Gasteiger partial charge in [-0.25, -0.2) is 4.98 Å². The van der Waals surface area contributed by atoms with Gasteiger partial charge in [0, 0.05) is 25.6 Å². The molecule has 120 valence electrons. The zero-order chi connectivity index (χ0) is 16.2. The maximum absolute atomic E-state index is 12.7. The predicted octanol–water partition coefficient (Wildman–Crippen LogP) is 2.17. The molecule has 2 aromatic rings. The van der Waals surface area contributed by atoms with Crippen molar-refractivity contribution in [1.82, 2.24) is 4.98 Å². The molecule has 0 atom stereocenters. The van der Waals surface area contributed by atoms with Crippen LogP contribution in [0.25, 0.3) is 0 Å². The summed E-state index contributed by atoms with van der Waals surface area (Å²) in [5, 5.41) is 3.40. The number of aromatic nitrogens is 1. The largest absolute Gasteiger partial charge is 0.378 e. The Labute approximate surface area is 138 Å². The van der Waals surface area contributed by atoms with Gasteiger partial charge in [0.2, 0.25) is 11.7 Å². The lowest BCUT2D eigenvalue weighted by molar-refractivity contribution is -0.114. The zero-order valence-corrected chi connectivity index (χ0v) is 13.6. The maximum atomic E-state index is 12.7. The minimum absolute atomic E-state index is 0.133. The Balaban J connectivity index is 1.95. The summed E-state index contributed by atoms with van der Waals surface area (Å²) in [7, 11) is 0. The van der Waals surface area contributed by atoms with Gasteiger partial charge >= 0.3 is 0 Å². The van der Waals surface area contributed by atoms with Crippen molar-refractivity contribution >= 4 is 34.0 Å². The van der Waals surface area contributed by atoms with Crippen LogP contribution in [-0.4, -0.2) is 43.0 Å². The molecular formula is C16H17N3O3S. The van der Waals surface area contributed by atoms with Crippen molar-refractivity contribution in [2.75, 3.05) is 36.5 Å². The monoisotopic (exact) mass is 331 g/mol. The van der Waals surface area contributed by atoms with Gasteiger partial charge in [-0.05, 0) is 0 Å². The van der Waals surface area contributed by atoms with E-state index in [1.54, 1.807) is 12.1 Å². The van der Waals surface area contributed by atoms with Crippen molar-refractivity contribution < 1.29 is 14.3 Å². The number of morpholine rings is 1. The van der Waals surface area contributed by atoms with E-state index in [0.29, 0.717) is 29.5 Å². The standard InChI is InChI=1S/C16H17N3O3S/c1-11(20)17-15-14(13(21)12-5-3-2-4-6-12)23-16(18-15)19-7-9-22-10-8-19/h2-6H,7-10H2,1H3,(H,17,20). The number of anilines is 2. The number of nitrogens with one attached hydrogen (secondary N) is 1. The number of nitrogens with zero attached hydrogens (tertiary/aromatic N) is 2. The topological polar surface area (TPSA) is 71.5 Å². The Bertz CT molecular complexity index is 709. The molecule has 0 unspecified atom stereocenters. The molecule has 1 aliphatic rings. The van der Waals surface area contributed by atoms with Crippen molar-refractivity contribution in [2.45, 2.75) is 6.92 Å². The lowest BCUT2D eigenvalue weighted by Gasteiger charge is -2.25. The summed E-state index contributed by atoms with van der Waals surface area (Å²) in [6.45, 7) is 4.14. The van der Waals surface area contributed by atoms with E-state index in [1.807, 2.05) is 18.2 Å². The number of thiazole rings is 1. The van der Waals surface area contributed by atoms with Gasteiger partial charge in [0.25, 0.3) is 0 Å². The van der Waals surface area contributed by atoms with E-state index < -0.39 is 0 Å². The molecule has 6 nitrogen and oxygen atoms in total. The Kier molecular flexibility index (Phi) is 4.68. The average molecular weight is 331 g/mol. The Morgan fingerprint density at radius 3 is 2.57 bits per heavy atom. The number of amides is 1. The lowest BCUT2D eigenvalue weighted by Crippen LogP contribution is -2.36. The van der Waals surface area contributed by atoms with Crippen LogP contribution in [0.1, 0.15) is 22.2 Å². The molecule has 0 saturated carbocycles. The lowest BCUT2D eigenvalue weighted by atomic mass is 10.1. The van der Waals surface area contributed by atoms with E-state index in [4.69, 9.17) is 4.74 Å². The van der Waals surface area contributed by atoms with Crippen LogP contribution in [0.3, 0.4) is 0 Å². The van der Waals surface area contributed by atoms with Crippen molar-refractivity contribution in [2.24, 2.45) is 0 Å². The summed E-state index contributed by atoms with van der Waals surface area (Å²) in [6.07, 6.45) is 0. The molecule has 1 aliphatic heterocycles. The number of carbonyl (C=O) groups excluding carboxylic acids is 2. The molecule has 1 N–H and O–H groups in total. The second-order valence-corrected chi connectivity index (χ2v) is 6.13. The van der Waals surface area contributed by atoms with Crippen molar-refractivity contribution in [3.63, 3.8) is 0 Å². The quantitative estimate of drug-likeness (QED) is 0.870. The second-order valence-electron chi connectivity index (χ2n) is 5.15. The van der Waals surface area contributed by atoms with Gasteiger partial charge in [-0.2, -0.15) is 0 Å². The first-order valence-electron chi connectivity index (χ1n) is 7.36. The summed E-state index contributed by atoms with van der Waals surface area (Å²) in [6, 6.07) is 9.00. The fraction of sp³-hybridized carbons (Fsp3) is 0.312. The van der Waals surface area contributed by atoms with Crippen molar-refractivity contribution in [3.8, 4) is 0 Å². The van der Waals surface area contributed by atoms with E-state index in [-0.39, 0.29) is 11.7 Å². The van der Waals surface area contributed by atoms with Crippen LogP contribution in [0.2, 0.25) is 0 Å². The molecular weight excluding hydrogens is 314 g/mol. The molecule has 1 aromatic heterocycles. The molecule has 3 rings (SSSR count). The molecule has 1 fully saturated rings. The third-order valence-electron chi connectivity index (χ3n) is 3.43. The maximum Gasteiger partial charge on any atom is 0.222 e. The molecule has 0 spiro atoms. The summed E-state index contributed by atoms with van der Waals surface area (Å²) < 4.78 is 5.34. The highest BCUT2D eigenvalue weighted by Crippen LogP contribution is 2.32. The van der Waals surface area contributed by atoms with Gasteiger partial charge in [0.15, 0.2) is 10.9 Å². The Morgan fingerprint density at radius 1 is 1.22 bits per heavy atom. The molecule has 23 heavy (non-hydrogen) atoms. The molecule has 0 bridgehead atoms. The normalized spacial score (nSPS) is 14.6. The summed E-state index contributed by atoms with van der Waals surface area (Å²) >= 11 is 1.31. The second kappa shape index (κ2) is 6.89. The van der Waals surface area contributed by atoms with Crippen molar-refractivity contribution in [3.05, 3.63) is 40.8 Å². The van der Waals surface area contributed by atoms with Gasteiger partial charge < -0.3 is 15.0 Å². The summed E-state index contributed by atoms with van der Waals surface area (Å²) in [5.74, 6) is -0.0462. The van der Waals surface area contributed by atoms with E-state index in [0.717, 1.165) is 18.2 Å². The van der Waals surface area contributed by atoms with Gasteiger partial charge in [0.1, 0.15) is 4.88 Å². The number of benzene rings is 1. The molecule has 0 aliphatic carbocycles. The average Bonchev–Trinajstić information content (AvgIpc) is 2.99. The van der Waals surface area contributed by atoms with Crippen LogP contribution in [0, 0.1) is 0 Å². The van der Waals surface area contributed by atoms with Gasteiger partial charge in [-0.3, -0.25) is 9.59 Å². The van der Waals surface area contributed by atoms with Crippen LogP contribution >= 0.6 is 11.3 Å². The highest BCUT2D eigenvalue weighted by molar-refractivity contribution is 7.18. The van der Waals surface area contributed by atoms with Gasteiger partial charge in [-0.1, -0.05) is 41.7 Å². The molecule has 1 aromatic carbocycles. The minimum atomic E-state index is -0.245. The van der Waals surface area contributed by atoms with Gasteiger partial charge in [-0.15, -0.1) is 0 Å². The van der Waals surface area contributed by atoms with Crippen molar-refractivity contribution in [1.29, 1.82) is 0 Å². The highest BCUT2D eigenvalue weighted by atomic mass is 32.1. The van der Waals surface area contributed by atoms with E-state index >= 15 is 0 Å². The van der Waals surface area contributed by atoms with Gasteiger partial charge in [0.05, 0.1) is 13.2 Å². The predicted molar refractivity (Wildman–Crippen MR) is 89.3 cm³/mol. The Hall–Kier alpha value is -2.25. The highest BCUT2D eigenvalue weighted by Gasteiger charge is 2.23. The van der Waals surface area contributed by atoms with E-state index in [9.17, 15) is 9.59 Å². The Morgan fingerprint density at radius 2 is 1.91 bits per heavy atom. The number of hydrogen-bond acceptors (Lipinski definition) is 6. The van der Waals surface area contributed by atoms with E-state index in [1.165, 1.54) is 18.3 Å². The fourth-order valence-electron chi connectivity index (χ4n) is 2.32. The molecule has 1 saturated heterocycles. The SMILES string of the molecule is CC(=O)Nc1nc(N2CCOCC2)sc1C(=O)c1ccccc1. The minimum Gasteiger partial charge on any atom is -0.378 e. The number of carbonyl (C=O) groups is 2. The third-order valence-corrected chi connectivity index (χ3v) is 4.55. The third kappa shape index (κ3) is 3.57. The fourth-order valence-corrected chi connectivity index (χ4v) is 3.36. The van der Waals surface area contributed by atoms with Crippen LogP contribution in [0.5, 0.6) is 0 Å². The molecule has 0 radical (unpaired) electrons. The first-order valence-corrected chi connectivity index (χ1v) is 8.17.